The molecular formula is C22H25NO6. The Morgan fingerprint density at radius 2 is 1.66 bits per heavy atom. The molecular weight excluding hydrogens is 374 g/mol. The average Bonchev–Trinajstić information content (AvgIpc) is 2.71. The van der Waals surface area contributed by atoms with E-state index in [1.165, 1.54) is 20.3 Å². The van der Waals surface area contributed by atoms with Crippen LogP contribution in [0.4, 0.5) is 5.69 Å². The molecule has 0 aliphatic carbocycles. The van der Waals surface area contributed by atoms with Crippen LogP contribution in [0.15, 0.2) is 42.5 Å². The third-order valence-corrected chi connectivity index (χ3v) is 4.05. The molecule has 0 aliphatic rings. The van der Waals surface area contributed by atoms with Crippen molar-refractivity contribution in [3.8, 4) is 11.5 Å². The molecule has 1 amide bonds. The molecule has 0 unspecified atom stereocenters. The first-order valence-corrected chi connectivity index (χ1v) is 9.16. The number of anilines is 1. The Bertz CT molecular complexity index is 873. The second-order valence-electron chi connectivity index (χ2n) is 6.79. The molecule has 0 atom stereocenters. The Labute approximate surface area is 170 Å². The van der Waals surface area contributed by atoms with Crippen molar-refractivity contribution in [3.63, 3.8) is 0 Å². The van der Waals surface area contributed by atoms with E-state index in [0.717, 1.165) is 0 Å². The summed E-state index contributed by atoms with van der Waals surface area (Å²) in [5, 5.41) is 2.77. The minimum absolute atomic E-state index is 0.0820. The molecule has 1 N–H and O–H groups in total. The molecule has 0 radical (unpaired) electrons. The lowest BCUT2D eigenvalue weighted by Gasteiger charge is -2.10. The van der Waals surface area contributed by atoms with E-state index in [0.29, 0.717) is 29.2 Å². The van der Waals surface area contributed by atoms with Gasteiger partial charge in [0.15, 0.2) is 12.4 Å². The Kier molecular flexibility index (Phi) is 7.77. The number of hydrogen-bond donors (Lipinski definition) is 1. The van der Waals surface area contributed by atoms with E-state index in [-0.39, 0.29) is 23.2 Å². The van der Waals surface area contributed by atoms with Crippen molar-refractivity contribution in [2.45, 2.75) is 20.3 Å². The summed E-state index contributed by atoms with van der Waals surface area (Å²) in [6.45, 7) is 3.52. The number of ether oxygens (including phenoxy) is 3. The zero-order chi connectivity index (χ0) is 21.4. The first-order chi connectivity index (χ1) is 13.8. The molecule has 2 aromatic rings. The molecule has 0 saturated carbocycles. The van der Waals surface area contributed by atoms with Crippen LogP contribution in [-0.2, 0) is 9.53 Å². The van der Waals surface area contributed by atoms with Crippen molar-refractivity contribution in [3.05, 3.63) is 53.6 Å². The van der Waals surface area contributed by atoms with Gasteiger partial charge in [0.25, 0.3) is 0 Å². The van der Waals surface area contributed by atoms with E-state index >= 15 is 0 Å². The lowest BCUT2D eigenvalue weighted by Crippen LogP contribution is -2.16. The van der Waals surface area contributed by atoms with E-state index in [4.69, 9.17) is 14.2 Å². The van der Waals surface area contributed by atoms with Gasteiger partial charge in [-0.05, 0) is 42.3 Å². The molecule has 0 fully saturated rings. The van der Waals surface area contributed by atoms with Gasteiger partial charge in [0.1, 0.15) is 17.1 Å². The number of ketones is 1. The van der Waals surface area contributed by atoms with Gasteiger partial charge in [-0.1, -0.05) is 13.8 Å². The van der Waals surface area contributed by atoms with Gasteiger partial charge in [0.2, 0.25) is 5.91 Å². The third kappa shape index (κ3) is 6.34. The van der Waals surface area contributed by atoms with Crippen LogP contribution in [0.1, 0.15) is 41.0 Å². The highest BCUT2D eigenvalue weighted by Gasteiger charge is 2.17. The summed E-state index contributed by atoms with van der Waals surface area (Å²) < 4.78 is 15.4. The monoisotopic (exact) mass is 399 g/mol. The van der Waals surface area contributed by atoms with Gasteiger partial charge in [-0.15, -0.1) is 0 Å². The second-order valence-corrected chi connectivity index (χ2v) is 6.79. The van der Waals surface area contributed by atoms with Crippen LogP contribution < -0.4 is 14.8 Å². The topological polar surface area (TPSA) is 90.9 Å². The Hall–Kier alpha value is -3.35. The zero-order valence-electron chi connectivity index (χ0n) is 17.0. The lowest BCUT2D eigenvalue weighted by atomic mass is 10.1. The second kappa shape index (κ2) is 10.3. The highest BCUT2D eigenvalue weighted by molar-refractivity contribution is 6.00. The SMILES string of the molecule is COc1ccc(C(=O)OCC(=O)c2ccc(NC(=O)CC(C)C)cc2)c(OC)c1. The number of carbonyl (C=O) groups excluding carboxylic acids is 3. The van der Waals surface area contributed by atoms with Gasteiger partial charge in [-0.2, -0.15) is 0 Å². The number of amides is 1. The predicted octanol–water partition coefficient (Wildman–Crippen LogP) is 3.73. The van der Waals surface area contributed by atoms with Crippen molar-refractivity contribution >= 4 is 23.3 Å². The minimum atomic E-state index is -0.671. The summed E-state index contributed by atoms with van der Waals surface area (Å²) in [5.74, 6) is -0.0176. The molecule has 154 valence electrons. The standard InChI is InChI=1S/C22H25NO6/c1-14(2)11-21(25)23-16-7-5-15(6-8-16)19(24)13-29-22(26)18-10-9-17(27-3)12-20(18)28-4/h5-10,12,14H,11,13H2,1-4H3,(H,23,25). The van der Waals surface area contributed by atoms with Crippen LogP contribution >= 0.6 is 0 Å². The molecule has 29 heavy (non-hydrogen) atoms. The smallest absolute Gasteiger partial charge is 0.342 e. The normalized spacial score (nSPS) is 10.4. The number of carbonyl (C=O) groups is 3. The molecule has 0 bridgehead atoms. The van der Waals surface area contributed by atoms with Crippen LogP contribution in [0, 0.1) is 5.92 Å². The highest BCUT2D eigenvalue weighted by Crippen LogP contribution is 2.25. The van der Waals surface area contributed by atoms with Gasteiger partial charge in [0.05, 0.1) is 14.2 Å². The molecule has 0 spiro atoms. The minimum Gasteiger partial charge on any atom is -0.497 e. The number of methoxy groups -OCH3 is 2. The number of rotatable bonds is 9. The number of benzene rings is 2. The van der Waals surface area contributed by atoms with E-state index < -0.39 is 12.6 Å². The Morgan fingerprint density at radius 3 is 2.24 bits per heavy atom. The van der Waals surface area contributed by atoms with Crippen molar-refractivity contribution in [1.82, 2.24) is 0 Å². The fourth-order valence-corrected chi connectivity index (χ4v) is 2.58. The predicted molar refractivity (Wildman–Crippen MR) is 109 cm³/mol. The molecule has 2 aromatic carbocycles. The van der Waals surface area contributed by atoms with Crippen LogP contribution in [0.2, 0.25) is 0 Å². The van der Waals surface area contributed by atoms with Crippen LogP contribution in [-0.4, -0.2) is 38.5 Å². The molecule has 0 aromatic heterocycles. The maximum absolute atomic E-state index is 12.3. The third-order valence-electron chi connectivity index (χ3n) is 4.05. The maximum atomic E-state index is 12.3. The summed E-state index contributed by atoms with van der Waals surface area (Å²) >= 11 is 0. The van der Waals surface area contributed by atoms with Crippen molar-refractivity contribution < 1.29 is 28.6 Å². The molecule has 0 heterocycles. The molecule has 2 rings (SSSR count). The van der Waals surface area contributed by atoms with Crippen molar-refractivity contribution in [2.24, 2.45) is 5.92 Å². The van der Waals surface area contributed by atoms with Gasteiger partial charge in [-0.3, -0.25) is 9.59 Å². The summed E-state index contributed by atoms with van der Waals surface area (Å²) in [5.41, 5.74) is 1.18. The van der Waals surface area contributed by atoms with Gasteiger partial charge >= 0.3 is 5.97 Å². The Balaban J connectivity index is 1.95. The molecule has 7 heteroatoms. The quantitative estimate of drug-likeness (QED) is 0.510. The average molecular weight is 399 g/mol. The fourth-order valence-electron chi connectivity index (χ4n) is 2.58. The first kappa shape index (κ1) is 21.9. The molecule has 0 saturated heterocycles. The molecule has 7 nitrogen and oxygen atoms in total. The van der Waals surface area contributed by atoms with Crippen LogP contribution in [0.25, 0.3) is 0 Å². The largest absolute Gasteiger partial charge is 0.497 e. The van der Waals surface area contributed by atoms with Gasteiger partial charge in [0, 0.05) is 23.7 Å². The van der Waals surface area contributed by atoms with Crippen LogP contribution in [0.3, 0.4) is 0 Å². The van der Waals surface area contributed by atoms with Gasteiger partial charge in [-0.25, -0.2) is 4.79 Å². The molecule has 0 aliphatic heterocycles. The van der Waals surface area contributed by atoms with E-state index in [1.807, 2.05) is 13.8 Å². The summed E-state index contributed by atoms with van der Waals surface area (Å²) in [4.78, 5) is 36.4. The Morgan fingerprint density at radius 1 is 0.966 bits per heavy atom. The number of esters is 1. The summed E-state index contributed by atoms with van der Waals surface area (Å²) in [6, 6.07) is 11.1. The van der Waals surface area contributed by atoms with Crippen molar-refractivity contribution in [1.29, 1.82) is 0 Å². The summed E-state index contributed by atoms with van der Waals surface area (Å²) in [7, 11) is 2.94. The summed E-state index contributed by atoms with van der Waals surface area (Å²) in [6.07, 6.45) is 0.422. The maximum Gasteiger partial charge on any atom is 0.342 e. The first-order valence-electron chi connectivity index (χ1n) is 9.16. The van der Waals surface area contributed by atoms with E-state index in [1.54, 1.807) is 36.4 Å². The van der Waals surface area contributed by atoms with E-state index in [9.17, 15) is 14.4 Å². The van der Waals surface area contributed by atoms with Gasteiger partial charge < -0.3 is 19.5 Å². The zero-order valence-corrected chi connectivity index (χ0v) is 17.0. The van der Waals surface area contributed by atoms with E-state index in [2.05, 4.69) is 5.32 Å². The van der Waals surface area contributed by atoms with Crippen LogP contribution in [0.5, 0.6) is 11.5 Å². The number of Topliss-reactive ketones (excluding diaryl/α,β-unsaturated/α-hetero) is 1. The fraction of sp³-hybridized carbons (Fsp3) is 0.318. The number of hydrogen-bond acceptors (Lipinski definition) is 6. The van der Waals surface area contributed by atoms with Crippen molar-refractivity contribution in [2.75, 3.05) is 26.1 Å². The highest BCUT2D eigenvalue weighted by atomic mass is 16.5. The number of nitrogens with one attached hydrogen (secondary N) is 1. The lowest BCUT2D eigenvalue weighted by molar-refractivity contribution is -0.116.